The van der Waals surface area contributed by atoms with Gasteiger partial charge in [0.1, 0.15) is 5.76 Å². The van der Waals surface area contributed by atoms with E-state index in [-0.39, 0.29) is 17.9 Å². The van der Waals surface area contributed by atoms with Gasteiger partial charge in [-0.1, -0.05) is 25.9 Å². The number of furan rings is 1. The number of aromatic nitrogens is 2. The van der Waals surface area contributed by atoms with Crippen molar-refractivity contribution in [3.8, 4) is 0 Å². The fraction of sp³-hybridized carbons (Fsp3) is 0.476. The summed E-state index contributed by atoms with van der Waals surface area (Å²) >= 11 is 0. The number of carbonyl (C=O) groups excluding carboxylic acids is 1. The first-order valence-corrected chi connectivity index (χ1v) is 9.57. The van der Waals surface area contributed by atoms with Crippen LogP contribution in [-0.4, -0.2) is 27.5 Å². The van der Waals surface area contributed by atoms with Crippen molar-refractivity contribution >= 4 is 17.0 Å². The van der Waals surface area contributed by atoms with Gasteiger partial charge < -0.3 is 13.8 Å². The van der Waals surface area contributed by atoms with Crippen molar-refractivity contribution in [1.29, 1.82) is 0 Å². The quantitative estimate of drug-likeness (QED) is 0.661. The van der Waals surface area contributed by atoms with Crippen LogP contribution < -0.4 is 0 Å². The second-order valence-corrected chi connectivity index (χ2v) is 7.86. The molecule has 142 valence electrons. The van der Waals surface area contributed by atoms with Crippen LogP contribution >= 0.6 is 0 Å². The summed E-state index contributed by atoms with van der Waals surface area (Å²) in [6.45, 7) is 8.89. The van der Waals surface area contributed by atoms with Gasteiger partial charge in [-0.05, 0) is 49.8 Å². The Kier molecular flexibility index (Phi) is 4.50. The van der Waals surface area contributed by atoms with Crippen LogP contribution in [0.4, 0.5) is 0 Å². The average Bonchev–Trinajstić information content (AvgIpc) is 3.31. The van der Waals surface area contributed by atoms with Crippen LogP contribution in [0.15, 0.2) is 33.4 Å². The molecule has 0 radical (unpaired) electrons. The predicted octanol–water partition coefficient (Wildman–Crippen LogP) is 4.86. The molecule has 4 heterocycles. The molecule has 4 rings (SSSR count). The van der Waals surface area contributed by atoms with Gasteiger partial charge in [0, 0.05) is 12.2 Å². The van der Waals surface area contributed by atoms with Crippen LogP contribution in [-0.2, 0) is 0 Å². The largest absolute Gasteiger partial charge is 0.467 e. The molecule has 27 heavy (non-hydrogen) atoms. The van der Waals surface area contributed by atoms with Crippen LogP contribution in [0.2, 0.25) is 0 Å². The van der Waals surface area contributed by atoms with Crippen molar-refractivity contribution in [3.63, 3.8) is 0 Å². The Balaban J connectivity index is 1.80. The topological polar surface area (TPSA) is 72.4 Å². The summed E-state index contributed by atoms with van der Waals surface area (Å²) in [6.07, 6.45) is 3.55. The van der Waals surface area contributed by atoms with E-state index in [1.165, 1.54) is 0 Å². The van der Waals surface area contributed by atoms with E-state index in [9.17, 15) is 4.79 Å². The number of nitrogens with zero attached hydrogens (tertiary/aromatic N) is 3. The van der Waals surface area contributed by atoms with Crippen molar-refractivity contribution in [1.82, 2.24) is 15.0 Å². The summed E-state index contributed by atoms with van der Waals surface area (Å²) in [6, 6.07) is 5.68. The molecule has 0 saturated carbocycles. The predicted molar refractivity (Wildman–Crippen MR) is 102 cm³/mol. The highest BCUT2D eigenvalue weighted by atomic mass is 16.5. The maximum atomic E-state index is 13.6. The smallest absolute Gasteiger partial charge is 0.259 e. The number of rotatable bonds is 3. The summed E-state index contributed by atoms with van der Waals surface area (Å²) in [4.78, 5) is 20.1. The SMILES string of the molecule is Cc1noc2nc(C(C)C)cc(C(=O)N3CCC(C)CC3c3ccco3)c12. The summed E-state index contributed by atoms with van der Waals surface area (Å²) in [5, 5.41) is 4.75. The fourth-order valence-electron chi connectivity index (χ4n) is 3.87. The highest BCUT2D eigenvalue weighted by Crippen LogP contribution is 2.36. The van der Waals surface area contributed by atoms with E-state index in [0.717, 1.165) is 24.3 Å². The number of hydrogen-bond acceptors (Lipinski definition) is 5. The second-order valence-electron chi connectivity index (χ2n) is 7.86. The average molecular weight is 367 g/mol. The van der Waals surface area contributed by atoms with Crippen molar-refractivity contribution in [2.75, 3.05) is 6.54 Å². The van der Waals surface area contributed by atoms with Crippen molar-refractivity contribution in [2.45, 2.75) is 52.5 Å². The lowest BCUT2D eigenvalue weighted by Gasteiger charge is -2.37. The minimum absolute atomic E-state index is 0.0103. The normalized spacial score (nSPS) is 20.6. The van der Waals surface area contributed by atoms with Gasteiger partial charge in [-0.2, -0.15) is 0 Å². The Bertz CT molecular complexity index is 959. The Morgan fingerprint density at radius 3 is 2.89 bits per heavy atom. The highest BCUT2D eigenvalue weighted by Gasteiger charge is 2.34. The Hall–Kier alpha value is -2.63. The van der Waals surface area contributed by atoms with E-state index in [1.54, 1.807) is 6.26 Å². The molecule has 1 amide bonds. The lowest BCUT2D eigenvalue weighted by Crippen LogP contribution is -2.40. The van der Waals surface area contributed by atoms with Crippen molar-refractivity contribution in [2.24, 2.45) is 5.92 Å². The Labute approximate surface area is 158 Å². The summed E-state index contributed by atoms with van der Waals surface area (Å²) < 4.78 is 11.0. The number of fused-ring (bicyclic) bond motifs is 1. The molecular formula is C21H25N3O3. The Morgan fingerprint density at radius 2 is 2.19 bits per heavy atom. The summed E-state index contributed by atoms with van der Waals surface area (Å²) in [5.41, 5.74) is 2.58. The van der Waals surface area contributed by atoms with Gasteiger partial charge in [-0.25, -0.2) is 4.98 Å². The number of pyridine rings is 1. The molecule has 0 N–H and O–H groups in total. The van der Waals surface area contributed by atoms with E-state index in [0.29, 0.717) is 34.8 Å². The van der Waals surface area contributed by atoms with Gasteiger partial charge in [0.15, 0.2) is 0 Å². The van der Waals surface area contributed by atoms with Crippen molar-refractivity contribution < 1.29 is 13.7 Å². The van der Waals surface area contributed by atoms with Crippen LogP contribution in [0.1, 0.15) is 73.1 Å². The fourth-order valence-corrected chi connectivity index (χ4v) is 3.87. The zero-order chi connectivity index (χ0) is 19.1. The first kappa shape index (κ1) is 17.8. The van der Waals surface area contributed by atoms with Crippen molar-refractivity contribution in [3.05, 3.63) is 47.2 Å². The zero-order valence-corrected chi connectivity index (χ0v) is 16.2. The van der Waals surface area contributed by atoms with Crippen LogP contribution in [0, 0.1) is 12.8 Å². The molecule has 6 nitrogen and oxygen atoms in total. The van der Waals surface area contributed by atoms with Gasteiger partial charge in [0.05, 0.1) is 28.9 Å². The van der Waals surface area contributed by atoms with E-state index in [2.05, 4.69) is 30.9 Å². The molecule has 0 aliphatic carbocycles. The molecule has 2 unspecified atom stereocenters. The summed E-state index contributed by atoms with van der Waals surface area (Å²) in [7, 11) is 0. The van der Waals surface area contributed by atoms with Crippen LogP contribution in [0.3, 0.4) is 0 Å². The third-order valence-corrected chi connectivity index (χ3v) is 5.46. The summed E-state index contributed by atoms with van der Waals surface area (Å²) in [5.74, 6) is 1.56. The molecule has 3 aromatic rings. The number of hydrogen-bond donors (Lipinski definition) is 0. The standard InChI is InChI=1S/C21H25N3O3/c1-12(2)16-11-15(19-14(4)23-27-20(19)22-16)21(25)24-8-7-13(3)10-17(24)18-6-5-9-26-18/h5-6,9,11-13,17H,7-8,10H2,1-4H3. The number of aryl methyl sites for hydroxylation is 1. The molecule has 1 saturated heterocycles. The number of amides is 1. The molecule has 3 aromatic heterocycles. The van der Waals surface area contributed by atoms with E-state index >= 15 is 0 Å². The van der Waals surface area contributed by atoms with E-state index in [1.807, 2.05) is 30.0 Å². The zero-order valence-electron chi connectivity index (χ0n) is 16.2. The van der Waals surface area contributed by atoms with E-state index in [4.69, 9.17) is 8.94 Å². The number of likely N-dealkylation sites (tertiary alicyclic amines) is 1. The molecule has 2 atom stereocenters. The maximum Gasteiger partial charge on any atom is 0.259 e. The lowest BCUT2D eigenvalue weighted by atomic mass is 9.90. The first-order chi connectivity index (χ1) is 13.0. The molecule has 0 spiro atoms. The third-order valence-electron chi connectivity index (χ3n) is 5.46. The third kappa shape index (κ3) is 3.13. The Morgan fingerprint density at radius 1 is 1.37 bits per heavy atom. The second kappa shape index (κ2) is 6.83. The van der Waals surface area contributed by atoms with E-state index < -0.39 is 0 Å². The molecule has 1 aliphatic heterocycles. The minimum Gasteiger partial charge on any atom is -0.467 e. The van der Waals surface area contributed by atoms with Gasteiger partial charge >= 0.3 is 0 Å². The van der Waals surface area contributed by atoms with Gasteiger partial charge in [-0.3, -0.25) is 4.79 Å². The lowest BCUT2D eigenvalue weighted by molar-refractivity contribution is 0.0522. The maximum absolute atomic E-state index is 13.6. The van der Waals surface area contributed by atoms with Gasteiger partial charge in [0.25, 0.3) is 11.6 Å². The van der Waals surface area contributed by atoms with Gasteiger partial charge in [0.2, 0.25) is 0 Å². The molecule has 6 heteroatoms. The first-order valence-electron chi connectivity index (χ1n) is 9.57. The monoisotopic (exact) mass is 367 g/mol. The van der Waals surface area contributed by atoms with Crippen LogP contribution in [0.5, 0.6) is 0 Å². The molecule has 1 fully saturated rings. The molecular weight excluding hydrogens is 342 g/mol. The molecule has 0 aromatic carbocycles. The number of carbonyl (C=O) groups is 1. The highest BCUT2D eigenvalue weighted by molar-refractivity contribution is 6.06. The molecule has 1 aliphatic rings. The minimum atomic E-state index is -0.0536. The molecule has 0 bridgehead atoms. The van der Waals surface area contributed by atoms with Crippen LogP contribution in [0.25, 0.3) is 11.1 Å². The number of piperidine rings is 1. The van der Waals surface area contributed by atoms with Gasteiger partial charge in [-0.15, -0.1) is 0 Å².